The summed E-state index contributed by atoms with van der Waals surface area (Å²) >= 11 is 0. The molecule has 0 aromatic heterocycles. The van der Waals surface area contributed by atoms with E-state index >= 15 is 0 Å². The normalized spacial score (nSPS) is 13.1. The smallest absolute Gasteiger partial charge is 0.306 e. The summed E-state index contributed by atoms with van der Waals surface area (Å²) in [6, 6.07) is 9.39. The number of carbonyl (C=O) groups is 1. The number of aliphatic carboxylic acids is 1. The lowest BCUT2D eigenvalue weighted by Crippen LogP contribution is -2.16. The van der Waals surface area contributed by atoms with E-state index in [1.54, 1.807) is 0 Å². The third-order valence-electron chi connectivity index (χ3n) is 2.86. The van der Waals surface area contributed by atoms with Gasteiger partial charge in [-0.15, -0.1) is 0 Å². The van der Waals surface area contributed by atoms with Gasteiger partial charge in [0.15, 0.2) is 0 Å². The van der Waals surface area contributed by atoms with Crippen molar-refractivity contribution in [2.75, 3.05) is 5.75 Å². The molecular weight excluding hydrogens is 288 g/mol. The zero-order valence-electron chi connectivity index (χ0n) is 10.5. The van der Waals surface area contributed by atoms with Gasteiger partial charge in [-0.05, 0) is 24.8 Å². The molecule has 0 spiro atoms. The molecule has 0 amide bonds. The van der Waals surface area contributed by atoms with E-state index in [4.69, 9.17) is 15.8 Å². The Bertz CT molecular complexity index is 499. The minimum absolute atomic E-state index is 0.105. The van der Waals surface area contributed by atoms with Crippen LogP contribution >= 0.6 is 10.7 Å². The fraction of sp³-hybridized carbons (Fsp3) is 0.462. The van der Waals surface area contributed by atoms with E-state index in [-0.39, 0.29) is 5.75 Å². The Morgan fingerprint density at radius 1 is 1.21 bits per heavy atom. The molecule has 0 aliphatic rings. The lowest BCUT2D eigenvalue weighted by atomic mass is 9.94. The fourth-order valence-electron chi connectivity index (χ4n) is 1.88. The van der Waals surface area contributed by atoms with Crippen LogP contribution in [-0.4, -0.2) is 25.2 Å². The van der Waals surface area contributed by atoms with Crippen LogP contribution < -0.4 is 0 Å². The first-order valence-electron chi connectivity index (χ1n) is 6.07. The van der Waals surface area contributed by atoms with Crippen LogP contribution in [0, 0.1) is 5.92 Å². The number of carboxylic acid groups (broad SMARTS) is 1. The highest BCUT2D eigenvalue weighted by Gasteiger charge is 2.17. The summed E-state index contributed by atoms with van der Waals surface area (Å²) in [4.78, 5) is 11.2. The third kappa shape index (κ3) is 7.18. The maximum atomic E-state index is 11.2. The number of benzene rings is 1. The molecule has 1 rings (SSSR count). The van der Waals surface area contributed by atoms with Gasteiger partial charge in [0.2, 0.25) is 9.05 Å². The zero-order valence-corrected chi connectivity index (χ0v) is 12.0. The number of hydrogen-bond acceptors (Lipinski definition) is 3. The van der Waals surface area contributed by atoms with Gasteiger partial charge < -0.3 is 5.11 Å². The van der Waals surface area contributed by atoms with Crippen molar-refractivity contribution >= 4 is 25.7 Å². The molecule has 1 unspecified atom stereocenters. The highest BCUT2D eigenvalue weighted by atomic mass is 35.7. The van der Waals surface area contributed by atoms with Gasteiger partial charge in [-0.1, -0.05) is 36.8 Å². The first-order chi connectivity index (χ1) is 8.88. The molecule has 0 saturated heterocycles. The Hall–Kier alpha value is -1.07. The van der Waals surface area contributed by atoms with Crippen molar-refractivity contribution in [3.8, 4) is 0 Å². The minimum atomic E-state index is -3.48. The lowest BCUT2D eigenvalue weighted by molar-refractivity contribution is -0.141. The number of rotatable bonds is 8. The topological polar surface area (TPSA) is 71.4 Å². The van der Waals surface area contributed by atoms with Crippen molar-refractivity contribution < 1.29 is 18.3 Å². The second-order valence-corrected chi connectivity index (χ2v) is 7.36. The SMILES string of the molecule is O=C(O)C(CCCCS(=O)(=O)Cl)Cc1ccccc1. The van der Waals surface area contributed by atoms with E-state index in [1.165, 1.54) is 0 Å². The van der Waals surface area contributed by atoms with Crippen LogP contribution in [0.15, 0.2) is 30.3 Å². The molecular formula is C13H17ClO4S. The van der Waals surface area contributed by atoms with Crippen LogP contribution in [0.1, 0.15) is 24.8 Å². The van der Waals surface area contributed by atoms with Crippen molar-refractivity contribution in [1.82, 2.24) is 0 Å². The summed E-state index contributed by atoms with van der Waals surface area (Å²) < 4.78 is 21.5. The molecule has 1 aromatic rings. The highest BCUT2D eigenvalue weighted by molar-refractivity contribution is 8.13. The molecule has 0 aliphatic carbocycles. The molecule has 0 bridgehead atoms. The second-order valence-electron chi connectivity index (χ2n) is 4.46. The summed E-state index contributed by atoms with van der Waals surface area (Å²) in [5, 5.41) is 9.15. The molecule has 0 aliphatic heterocycles. The predicted octanol–water partition coefficient (Wildman–Crippen LogP) is 2.67. The minimum Gasteiger partial charge on any atom is -0.481 e. The van der Waals surface area contributed by atoms with Crippen LogP contribution in [0.25, 0.3) is 0 Å². The molecule has 1 aromatic carbocycles. The van der Waals surface area contributed by atoms with Gasteiger partial charge >= 0.3 is 5.97 Å². The van der Waals surface area contributed by atoms with Gasteiger partial charge in [0, 0.05) is 10.7 Å². The van der Waals surface area contributed by atoms with Gasteiger partial charge in [-0.25, -0.2) is 8.42 Å². The van der Waals surface area contributed by atoms with E-state index in [0.717, 1.165) is 5.56 Å². The van der Waals surface area contributed by atoms with Crippen molar-refractivity contribution in [2.45, 2.75) is 25.7 Å². The monoisotopic (exact) mass is 304 g/mol. The van der Waals surface area contributed by atoms with E-state index in [0.29, 0.717) is 25.7 Å². The Kier molecular flexibility index (Phi) is 6.31. The molecule has 0 radical (unpaired) electrons. The molecule has 0 heterocycles. The summed E-state index contributed by atoms with van der Waals surface area (Å²) in [7, 11) is 1.62. The van der Waals surface area contributed by atoms with Gasteiger partial charge in [0.25, 0.3) is 0 Å². The summed E-state index contributed by atoms with van der Waals surface area (Å²) in [5.41, 5.74) is 0.972. The standard InChI is InChI=1S/C13H17ClO4S/c14-19(17,18)9-5-4-8-12(13(15)16)10-11-6-2-1-3-7-11/h1-3,6-7,12H,4-5,8-10H2,(H,15,16). The Morgan fingerprint density at radius 3 is 2.37 bits per heavy atom. The molecule has 1 N–H and O–H groups in total. The van der Waals surface area contributed by atoms with E-state index in [2.05, 4.69) is 0 Å². The van der Waals surface area contributed by atoms with Crippen LogP contribution in [0.5, 0.6) is 0 Å². The first kappa shape index (κ1) is 16.0. The van der Waals surface area contributed by atoms with Crippen LogP contribution in [0.3, 0.4) is 0 Å². The molecule has 1 atom stereocenters. The van der Waals surface area contributed by atoms with E-state index < -0.39 is 20.9 Å². The van der Waals surface area contributed by atoms with Gasteiger partial charge in [0.1, 0.15) is 0 Å². The van der Waals surface area contributed by atoms with Crippen molar-refractivity contribution in [3.63, 3.8) is 0 Å². The quantitative estimate of drug-likeness (QED) is 0.592. The fourth-order valence-corrected chi connectivity index (χ4v) is 2.75. The molecule has 0 saturated carbocycles. The van der Waals surface area contributed by atoms with Crippen LogP contribution in [0.2, 0.25) is 0 Å². The van der Waals surface area contributed by atoms with Gasteiger partial charge in [0.05, 0.1) is 11.7 Å². The predicted molar refractivity (Wildman–Crippen MR) is 74.8 cm³/mol. The van der Waals surface area contributed by atoms with Gasteiger partial charge in [-0.3, -0.25) is 4.79 Å². The Balaban J connectivity index is 2.44. The number of unbranched alkanes of at least 4 members (excludes halogenated alkanes) is 1. The maximum absolute atomic E-state index is 11.2. The molecule has 19 heavy (non-hydrogen) atoms. The molecule has 0 fully saturated rings. The summed E-state index contributed by atoms with van der Waals surface area (Å²) in [6.07, 6.45) is 1.85. The summed E-state index contributed by atoms with van der Waals surface area (Å²) in [6.45, 7) is 0. The zero-order chi connectivity index (χ0) is 14.3. The first-order valence-corrected chi connectivity index (χ1v) is 8.55. The van der Waals surface area contributed by atoms with Crippen molar-refractivity contribution in [3.05, 3.63) is 35.9 Å². The number of halogens is 1. The average molecular weight is 305 g/mol. The second kappa shape index (κ2) is 7.50. The molecule has 6 heteroatoms. The van der Waals surface area contributed by atoms with Crippen LogP contribution in [0.4, 0.5) is 0 Å². The lowest BCUT2D eigenvalue weighted by Gasteiger charge is -2.11. The third-order valence-corrected chi connectivity index (χ3v) is 4.10. The van der Waals surface area contributed by atoms with Gasteiger partial charge in [-0.2, -0.15) is 0 Å². The summed E-state index contributed by atoms with van der Waals surface area (Å²) in [5.74, 6) is -1.44. The molecule has 106 valence electrons. The van der Waals surface area contributed by atoms with Crippen LogP contribution in [-0.2, 0) is 20.3 Å². The Morgan fingerprint density at radius 2 is 1.84 bits per heavy atom. The highest BCUT2D eigenvalue weighted by Crippen LogP contribution is 2.16. The molecule has 4 nitrogen and oxygen atoms in total. The van der Waals surface area contributed by atoms with Crippen molar-refractivity contribution in [2.24, 2.45) is 5.92 Å². The van der Waals surface area contributed by atoms with E-state index in [9.17, 15) is 13.2 Å². The maximum Gasteiger partial charge on any atom is 0.306 e. The number of carboxylic acids is 1. The average Bonchev–Trinajstić information content (AvgIpc) is 2.33. The van der Waals surface area contributed by atoms with E-state index in [1.807, 2.05) is 30.3 Å². The Labute approximate surface area is 117 Å². The largest absolute Gasteiger partial charge is 0.481 e. The number of hydrogen-bond donors (Lipinski definition) is 1. The van der Waals surface area contributed by atoms with Crippen molar-refractivity contribution in [1.29, 1.82) is 0 Å².